The lowest BCUT2D eigenvalue weighted by Gasteiger charge is -2.37. The number of ether oxygens (including phenoxy) is 1. The number of piperazine rings is 1. The number of halogens is 1. The van der Waals surface area contributed by atoms with E-state index in [1.807, 2.05) is 7.05 Å². The van der Waals surface area contributed by atoms with Gasteiger partial charge in [0.1, 0.15) is 0 Å². The van der Waals surface area contributed by atoms with Crippen LogP contribution in [0.4, 0.5) is 0 Å². The Kier molecular flexibility index (Phi) is 9.55. The zero-order chi connectivity index (χ0) is 16.6. The number of hydrogen-bond donors (Lipinski definition) is 1. The van der Waals surface area contributed by atoms with Crippen LogP contribution in [-0.4, -0.2) is 75.3 Å². The summed E-state index contributed by atoms with van der Waals surface area (Å²) in [6, 6.07) is 0. The molecule has 25 heavy (non-hydrogen) atoms. The summed E-state index contributed by atoms with van der Waals surface area (Å²) in [5.41, 5.74) is 1.63. The van der Waals surface area contributed by atoms with Gasteiger partial charge in [0.05, 0.1) is 6.61 Å². The number of nitrogens with one attached hydrogen (secondary N) is 1. The van der Waals surface area contributed by atoms with Crippen molar-refractivity contribution in [2.24, 2.45) is 10.9 Å². The number of aliphatic imine (C=N–C) groups is 1. The Morgan fingerprint density at radius 2 is 2.12 bits per heavy atom. The van der Waals surface area contributed by atoms with E-state index in [1.54, 1.807) is 5.57 Å². The summed E-state index contributed by atoms with van der Waals surface area (Å²) in [6.07, 6.45) is 10.2. The molecular weight excluding hydrogens is 427 g/mol. The predicted molar refractivity (Wildman–Crippen MR) is 115 cm³/mol. The van der Waals surface area contributed by atoms with Crippen LogP contribution < -0.4 is 5.32 Å². The summed E-state index contributed by atoms with van der Waals surface area (Å²) in [7, 11) is 1.91. The Balaban J connectivity index is 0.00000225. The Morgan fingerprint density at radius 1 is 1.28 bits per heavy atom. The van der Waals surface area contributed by atoms with Gasteiger partial charge in [-0.05, 0) is 44.4 Å². The Bertz CT molecular complexity index is 441. The molecule has 5 nitrogen and oxygen atoms in total. The highest BCUT2D eigenvalue weighted by molar-refractivity contribution is 14.0. The van der Waals surface area contributed by atoms with Gasteiger partial charge in [0.2, 0.25) is 0 Å². The molecular formula is C19H35IN4O. The van der Waals surface area contributed by atoms with E-state index in [0.717, 1.165) is 57.8 Å². The normalized spacial score (nSPS) is 25.5. The fourth-order valence-corrected chi connectivity index (χ4v) is 4.03. The largest absolute Gasteiger partial charge is 0.381 e. The van der Waals surface area contributed by atoms with Crippen LogP contribution >= 0.6 is 24.0 Å². The summed E-state index contributed by atoms with van der Waals surface area (Å²) >= 11 is 0. The molecule has 0 aromatic carbocycles. The first-order valence-corrected chi connectivity index (χ1v) is 9.79. The molecule has 0 saturated carbocycles. The molecule has 0 spiro atoms. The zero-order valence-corrected chi connectivity index (χ0v) is 18.0. The third-order valence-corrected chi connectivity index (χ3v) is 5.54. The minimum atomic E-state index is 0. The molecule has 1 atom stereocenters. The van der Waals surface area contributed by atoms with Crippen LogP contribution in [0.5, 0.6) is 0 Å². The van der Waals surface area contributed by atoms with Crippen LogP contribution in [0.15, 0.2) is 16.6 Å². The first-order valence-electron chi connectivity index (χ1n) is 9.79. The van der Waals surface area contributed by atoms with Gasteiger partial charge in [-0.25, -0.2) is 0 Å². The van der Waals surface area contributed by atoms with E-state index in [9.17, 15) is 0 Å². The fraction of sp³-hybridized carbons (Fsp3) is 0.842. The number of nitrogens with zero attached hydrogens (tertiary/aromatic N) is 3. The Hall–Kier alpha value is -0.340. The Labute approximate surface area is 170 Å². The average molecular weight is 462 g/mol. The first kappa shape index (κ1) is 21.0. The molecule has 3 aliphatic rings. The molecule has 144 valence electrons. The number of hydrogen-bond acceptors (Lipinski definition) is 3. The van der Waals surface area contributed by atoms with Gasteiger partial charge >= 0.3 is 0 Å². The van der Waals surface area contributed by atoms with Gasteiger partial charge in [0.15, 0.2) is 5.96 Å². The van der Waals surface area contributed by atoms with E-state index < -0.39 is 0 Å². The van der Waals surface area contributed by atoms with Gasteiger partial charge in [0.25, 0.3) is 0 Å². The summed E-state index contributed by atoms with van der Waals surface area (Å²) < 4.78 is 5.50. The van der Waals surface area contributed by atoms with E-state index in [4.69, 9.17) is 4.74 Å². The molecule has 2 heterocycles. The maximum absolute atomic E-state index is 5.50. The van der Waals surface area contributed by atoms with Crippen molar-refractivity contribution in [2.75, 3.05) is 59.5 Å². The molecule has 2 fully saturated rings. The van der Waals surface area contributed by atoms with Crippen molar-refractivity contribution in [1.82, 2.24) is 15.1 Å². The van der Waals surface area contributed by atoms with Gasteiger partial charge in [-0.2, -0.15) is 0 Å². The molecule has 0 bridgehead atoms. The van der Waals surface area contributed by atoms with Crippen LogP contribution in [-0.2, 0) is 4.74 Å². The number of rotatable bonds is 5. The summed E-state index contributed by atoms with van der Waals surface area (Å²) in [4.78, 5) is 9.50. The molecule has 1 aliphatic carbocycles. The van der Waals surface area contributed by atoms with Crippen molar-refractivity contribution < 1.29 is 4.74 Å². The second-order valence-electron chi connectivity index (χ2n) is 7.35. The van der Waals surface area contributed by atoms with Crippen molar-refractivity contribution in [1.29, 1.82) is 0 Å². The highest BCUT2D eigenvalue weighted by Crippen LogP contribution is 2.19. The monoisotopic (exact) mass is 462 g/mol. The quantitative estimate of drug-likeness (QED) is 0.295. The summed E-state index contributed by atoms with van der Waals surface area (Å²) in [6.45, 7) is 8.57. The van der Waals surface area contributed by atoms with Crippen molar-refractivity contribution in [3.05, 3.63) is 11.6 Å². The Morgan fingerprint density at radius 3 is 2.76 bits per heavy atom. The van der Waals surface area contributed by atoms with E-state index in [0.29, 0.717) is 0 Å². The van der Waals surface area contributed by atoms with Gasteiger partial charge in [0, 0.05) is 52.9 Å². The summed E-state index contributed by atoms with van der Waals surface area (Å²) in [5, 5.41) is 3.57. The molecule has 3 rings (SSSR count). The number of allylic oxidation sites excluding steroid dienone is 1. The molecule has 0 amide bonds. The topological polar surface area (TPSA) is 40.1 Å². The second-order valence-corrected chi connectivity index (χ2v) is 7.35. The van der Waals surface area contributed by atoms with E-state index in [1.165, 1.54) is 45.1 Å². The molecule has 0 aromatic rings. The zero-order valence-electron chi connectivity index (χ0n) is 15.7. The molecule has 2 saturated heterocycles. The van der Waals surface area contributed by atoms with Crippen molar-refractivity contribution in [2.45, 2.75) is 38.5 Å². The third-order valence-electron chi connectivity index (χ3n) is 5.54. The van der Waals surface area contributed by atoms with Gasteiger partial charge in [-0.3, -0.25) is 9.89 Å². The van der Waals surface area contributed by atoms with Crippen LogP contribution in [0.3, 0.4) is 0 Å². The first-order chi connectivity index (χ1) is 11.8. The molecule has 2 aliphatic heterocycles. The second kappa shape index (κ2) is 11.4. The predicted octanol–water partition coefficient (Wildman–Crippen LogP) is 2.72. The lowest BCUT2D eigenvalue weighted by molar-refractivity contribution is 0.139. The average Bonchev–Trinajstić information content (AvgIpc) is 3.14. The van der Waals surface area contributed by atoms with E-state index >= 15 is 0 Å². The van der Waals surface area contributed by atoms with Crippen molar-refractivity contribution in [3.63, 3.8) is 0 Å². The van der Waals surface area contributed by atoms with Crippen LogP contribution in [0.25, 0.3) is 0 Å². The molecule has 0 aromatic heterocycles. The maximum Gasteiger partial charge on any atom is 0.193 e. The molecule has 0 radical (unpaired) electrons. The third kappa shape index (κ3) is 6.71. The van der Waals surface area contributed by atoms with Crippen molar-refractivity contribution >= 4 is 29.9 Å². The smallest absolute Gasteiger partial charge is 0.193 e. The van der Waals surface area contributed by atoms with E-state index in [2.05, 4.69) is 26.2 Å². The minimum absolute atomic E-state index is 0. The highest BCUT2D eigenvalue weighted by Gasteiger charge is 2.23. The summed E-state index contributed by atoms with van der Waals surface area (Å²) in [5.74, 6) is 1.83. The number of guanidine groups is 1. The van der Waals surface area contributed by atoms with Crippen LogP contribution in [0, 0.1) is 5.92 Å². The fourth-order valence-electron chi connectivity index (χ4n) is 4.03. The van der Waals surface area contributed by atoms with Crippen LogP contribution in [0.2, 0.25) is 0 Å². The van der Waals surface area contributed by atoms with Gasteiger partial charge in [-0.15, -0.1) is 24.0 Å². The molecule has 1 unspecified atom stereocenters. The highest BCUT2D eigenvalue weighted by atomic mass is 127. The lowest BCUT2D eigenvalue weighted by atomic mass is 9.97. The molecule has 6 heteroatoms. The van der Waals surface area contributed by atoms with E-state index in [-0.39, 0.29) is 24.0 Å². The maximum atomic E-state index is 5.50. The lowest BCUT2D eigenvalue weighted by Crippen LogP contribution is -2.53. The SMILES string of the molecule is CN=C(NCCC1=CCCCC1)N1CCN(CC2CCOC2)CC1.I. The molecule has 1 N–H and O–H groups in total. The standard InChI is InChI=1S/C19H34N4O.HI/c1-20-19(21-9-7-17-5-3-2-4-6-17)23-12-10-22(11-13-23)15-18-8-14-24-16-18;/h5,18H,2-4,6-16H2,1H3,(H,20,21);1H. The van der Waals surface area contributed by atoms with Crippen LogP contribution in [0.1, 0.15) is 38.5 Å². The minimum Gasteiger partial charge on any atom is -0.381 e. The van der Waals surface area contributed by atoms with Gasteiger partial charge < -0.3 is 15.0 Å². The van der Waals surface area contributed by atoms with Crippen molar-refractivity contribution in [3.8, 4) is 0 Å². The van der Waals surface area contributed by atoms with Gasteiger partial charge in [-0.1, -0.05) is 11.6 Å².